The number of hydrogen-bond acceptors (Lipinski definition) is 4. The van der Waals surface area contributed by atoms with Gasteiger partial charge in [0.05, 0.1) is 0 Å². The molecule has 3 heterocycles. The van der Waals surface area contributed by atoms with Crippen molar-refractivity contribution >= 4 is 23.1 Å². The van der Waals surface area contributed by atoms with Gasteiger partial charge in [0.2, 0.25) is 0 Å². The lowest BCUT2D eigenvalue weighted by Crippen LogP contribution is -2.36. The van der Waals surface area contributed by atoms with E-state index >= 15 is 0 Å². The number of carbonyl (C=O) groups is 1. The number of benzene rings is 2. The summed E-state index contributed by atoms with van der Waals surface area (Å²) < 4.78 is 0. The Balaban J connectivity index is 1.52. The molecule has 0 aliphatic carbocycles. The van der Waals surface area contributed by atoms with E-state index in [1.807, 2.05) is 42.2 Å². The molecule has 0 saturated heterocycles. The van der Waals surface area contributed by atoms with Gasteiger partial charge in [-0.15, -0.1) is 0 Å². The summed E-state index contributed by atoms with van der Waals surface area (Å²) in [4.78, 5) is 26.5. The zero-order valence-electron chi connectivity index (χ0n) is 15.9. The van der Waals surface area contributed by atoms with Crippen LogP contribution >= 0.6 is 0 Å². The highest BCUT2D eigenvalue weighted by atomic mass is 16.2. The van der Waals surface area contributed by atoms with Crippen LogP contribution in [0.2, 0.25) is 0 Å². The topological polar surface area (TPSA) is 49.3 Å². The van der Waals surface area contributed by atoms with Crippen molar-refractivity contribution < 1.29 is 4.79 Å². The second-order valence-electron chi connectivity index (χ2n) is 7.38. The molecule has 0 bridgehead atoms. The molecule has 3 aromatic rings. The Labute approximate surface area is 164 Å². The number of rotatable bonds is 2. The van der Waals surface area contributed by atoms with Crippen molar-refractivity contribution in [1.82, 2.24) is 9.97 Å². The SMILES string of the molecule is Cc1nc(C(=O)N2CCCc3ccccc32)cc(N2CCc3ccccc32)n1. The molecule has 1 aromatic heterocycles. The fraction of sp³-hybridized carbons (Fsp3) is 0.261. The first kappa shape index (κ1) is 16.9. The van der Waals surface area contributed by atoms with Crippen molar-refractivity contribution in [3.8, 4) is 0 Å². The van der Waals surface area contributed by atoms with Crippen molar-refractivity contribution in [3.05, 3.63) is 77.2 Å². The number of anilines is 3. The Kier molecular flexibility index (Phi) is 4.08. The summed E-state index contributed by atoms with van der Waals surface area (Å²) in [6.45, 7) is 3.45. The van der Waals surface area contributed by atoms with Gasteiger partial charge in [-0.25, -0.2) is 9.97 Å². The smallest absolute Gasteiger partial charge is 0.277 e. The number of aryl methyl sites for hydroxylation is 2. The number of nitrogens with zero attached hydrogens (tertiary/aromatic N) is 4. The van der Waals surface area contributed by atoms with E-state index in [1.165, 1.54) is 16.8 Å². The van der Waals surface area contributed by atoms with Gasteiger partial charge < -0.3 is 9.80 Å². The lowest BCUT2D eigenvalue weighted by atomic mass is 10.0. The van der Waals surface area contributed by atoms with Gasteiger partial charge in [-0.1, -0.05) is 36.4 Å². The second kappa shape index (κ2) is 6.75. The molecule has 0 N–H and O–H groups in total. The van der Waals surface area contributed by atoms with E-state index in [-0.39, 0.29) is 5.91 Å². The average Bonchev–Trinajstić information content (AvgIpc) is 3.16. The summed E-state index contributed by atoms with van der Waals surface area (Å²) in [6, 6.07) is 18.4. The lowest BCUT2D eigenvalue weighted by Gasteiger charge is -2.29. The molecule has 28 heavy (non-hydrogen) atoms. The Morgan fingerprint density at radius 2 is 1.61 bits per heavy atom. The molecular weight excluding hydrogens is 348 g/mol. The van der Waals surface area contributed by atoms with Gasteiger partial charge in [-0.3, -0.25) is 4.79 Å². The Morgan fingerprint density at radius 3 is 2.43 bits per heavy atom. The van der Waals surface area contributed by atoms with E-state index < -0.39 is 0 Å². The van der Waals surface area contributed by atoms with Crippen molar-refractivity contribution in [2.45, 2.75) is 26.2 Å². The second-order valence-corrected chi connectivity index (χ2v) is 7.38. The van der Waals surface area contributed by atoms with E-state index in [1.54, 1.807) is 0 Å². The monoisotopic (exact) mass is 370 g/mol. The predicted molar refractivity (Wildman–Crippen MR) is 110 cm³/mol. The van der Waals surface area contributed by atoms with E-state index in [0.717, 1.165) is 43.9 Å². The van der Waals surface area contributed by atoms with E-state index in [0.29, 0.717) is 11.5 Å². The van der Waals surface area contributed by atoms with Gasteiger partial charge in [-0.05, 0) is 49.4 Å². The third-order valence-electron chi connectivity index (χ3n) is 5.56. The minimum absolute atomic E-state index is 0.0496. The van der Waals surface area contributed by atoms with Crippen LogP contribution in [-0.4, -0.2) is 29.0 Å². The molecule has 5 nitrogen and oxygen atoms in total. The summed E-state index contributed by atoms with van der Waals surface area (Å²) in [6.07, 6.45) is 2.97. The normalized spacial score (nSPS) is 15.3. The standard InChI is InChI=1S/C23H22N4O/c1-16-24-19(23(28)27-13-6-9-17-7-2-5-11-21(17)27)15-22(25-16)26-14-12-18-8-3-4-10-20(18)26/h2-5,7-8,10-11,15H,6,9,12-14H2,1H3. The van der Waals surface area contributed by atoms with E-state index in [4.69, 9.17) is 0 Å². The molecule has 0 unspecified atom stereocenters. The summed E-state index contributed by atoms with van der Waals surface area (Å²) in [5.74, 6) is 1.37. The molecular formula is C23H22N4O. The highest BCUT2D eigenvalue weighted by Gasteiger charge is 2.27. The lowest BCUT2D eigenvalue weighted by molar-refractivity contribution is 0.0980. The number of carbonyl (C=O) groups excluding carboxylic acids is 1. The van der Waals surface area contributed by atoms with Crippen LogP contribution in [-0.2, 0) is 12.8 Å². The van der Waals surface area contributed by atoms with Gasteiger partial charge in [-0.2, -0.15) is 0 Å². The maximum Gasteiger partial charge on any atom is 0.277 e. The number of aromatic nitrogens is 2. The zero-order valence-corrected chi connectivity index (χ0v) is 15.9. The molecule has 0 radical (unpaired) electrons. The van der Waals surface area contributed by atoms with E-state index in [2.05, 4.69) is 39.1 Å². The van der Waals surface area contributed by atoms with Gasteiger partial charge >= 0.3 is 0 Å². The number of hydrogen-bond donors (Lipinski definition) is 0. The molecule has 5 rings (SSSR count). The maximum atomic E-state index is 13.3. The van der Waals surface area contributed by atoms with Gasteiger partial charge in [0.25, 0.3) is 5.91 Å². The van der Waals surface area contributed by atoms with Crippen LogP contribution in [0.25, 0.3) is 0 Å². The van der Waals surface area contributed by atoms with Crippen LogP contribution in [0, 0.1) is 6.92 Å². The highest BCUT2D eigenvalue weighted by Crippen LogP contribution is 2.34. The minimum Gasteiger partial charge on any atom is -0.326 e. The molecule has 2 aromatic carbocycles. The van der Waals surface area contributed by atoms with Gasteiger partial charge in [0, 0.05) is 30.5 Å². The summed E-state index contributed by atoms with van der Waals surface area (Å²) in [5, 5.41) is 0. The van der Waals surface area contributed by atoms with Crippen LogP contribution in [0.1, 0.15) is 33.9 Å². The first-order valence-electron chi connectivity index (χ1n) is 9.81. The van der Waals surface area contributed by atoms with E-state index in [9.17, 15) is 4.79 Å². The molecule has 0 spiro atoms. The van der Waals surface area contributed by atoms with Gasteiger partial charge in [0.15, 0.2) is 0 Å². The summed E-state index contributed by atoms with van der Waals surface area (Å²) >= 11 is 0. The van der Waals surface area contributed by atoms with Crippen molar-refractivity contribution in [1.29, 1.82) is 0 Å². The average molecular weight is 370 g/mol. The Bertz CT molecular complexity index is 1060. The third kappa shape index (κ3) is 2.83. The molecule has 0 fully saturated rings. The van der Waals surface area contributed by atoms with Crippen LogP contribution in [0.5, 0.6) is 0 Å². The Morgan fingerprint density at radius 1 is 0.893 bits per heavy atom. The van der Waals surface area contributed by atoms with Crippen LogP contribution in [0.15, 0.2) is 54.6 Å². The summed E-state index contributed by atoms with van der Waals surface area (Å²) in [5.41, 5.74) is 5.17. The number of para-hydroxylation sites is 2. The van der Waals surface area contributed by atoms with Crippen LogP contribution in [0.4, 0.5) is 17.2 Å². The van der Waals surface area contributed by atoms with Crippen molar-refractivity contribution in [3.63, 3.8) is 0 Å². The van der Waals surface area contributed by atoms with Crippen LogP contribution < -0.4 is 9.80 Å². The highest BCUT2D eigenvalue weighted by molar-refractivity contribution is 6.06. The van der Waals surface area contributed by atoms with Crippen molar-refractivity contribution in [2.75, 3.05) is 22.9 Å². The minimum atomic E-state index is -0.0496. The quantitative estimate of drug-likeness (QED) is 0.682. The molecule has 1 amide bonds. The first-order valence-corrected chi connectivity index (χ1v) is 9.81. The first-order chi connectivity index (χ1) is 13.7. The molecule has 2 aliphatic rings. The van der Waals surface area contributed by atoms with Crippen LogP contribution in [0.3, 0.4) is 0 Å². The Hall–Kier alpha value is -3.21. The molecule has 0 atom stereocenters. The molecule has 0 saturated carbocycles. The third-order valence-corrected chi connectivity index (χ3v) is 5.56. The maximum absolute atomic E-state index is 13.3. The summed E-state index contributed by atoms with van der Waals surface area (Å²) in [7, 11) is 0. The molecule has 5 heteroatoms. The fourth-order valence-corrected chi connectivity index (χ4v) is 4.26. The molecule has 140 valence electrons. The largest absolute Gasteiger partial charge is 0.326 e. The predicted octanol–water partition coefficient (Wildman–Crippen LogP) is 4.07. The zero-order chi connectivity index (χ0) is 19.1. The van der Waals surface area contributed by atoms with Crippen molar-refractivity contribution in [2.24, 2.45) is 0 Å². The number of fused-ring (bicyclic) bond motifs is 2. The number of amides is 1. The fourth-order valence-electron chi connectivity index (χ4n) is 4.26. The van der Waals surface area contributed by atoms with Gasteiger partial charge in [0.1, 0.15) is 17.3 Å². The molecule has 2 aliphatic heterocycles.